The van der Waals surface area contributed by atoms with E-state index >= 15 is 0 Å². The summed E-state index contributed by atoms with van der Waals surface area (Å²) < 4.78 is 1.96. The first-order chi connectivity index (χ1) is 9.08. The lowest BCUT2D eigenvalue weighted by Crippen LogP contribution is -2.12. The van der Waals surface area contributed by atoms with E-state index in [2.05, 4.69) is 42.4 Å². The van der Waals surface area contributed by atoms with Gasteiger partial charge in [-0.25, -0.2) is 0 Å². The van der Waals surface area contributed by atoms with Crippen LogP contribution in [0.2, 0.25) is 0 Å². The fourth-order valence-electron chi connectivity index (χ4n) is 2.50. The molecule has 1 unspecified atom stereocenters. The smallest absolute Gasteiger partial charge is 0.0596 e. The average Bonchev–Trinajstić information content (AvgIpc) is 2.67. The highest BCUT2D eigenvalue weighted by atomic mass is 35.5. The standard InChI is InChI=1S/C16H21ClN2/c1-12-5-4-6-14(7-12)9-15(11-17)10-16-8-13(2)18-19(16)3/h4-8,15H,9-11H2,1-3H3. The van der Waals surface area contributed by atoms with Gasteiger partial charge in [-0.3, -0.25) is 4.68 Å². The summed E-state index contributed by atoms with van der Waals surface area (Å²) in [7, 11) is 2.00. The van der Waals surface area contributed by atoms with Crippen molar-refractivity contribution in [3.8, 4) is 0 Å². The maximum absolute atomic E-state index is 6.14. The zero-order valence-corrected chi connectivity index (χ0v) is 12.6. The molecule has 2 aromatic rings. The van der Waals surface area contributed by atoms with Crippen LogP contribution in [-0.2, 0) is 19.9 Å². The number of aryl methyl sites for hydroxylation is 3. The van der Waals surface area contributed by atoms with E-state index in [4.69, 9.17) is 11.6 Å². The maximum Gasteiger partial charge on any atom is 0.0596 e. The zero-order valence-electron chi connectivity index (χ0n) is 11.9. The number of aromatic nitrogens is 2. The molecule has 0 radical (unpaired) electrons. The number of halogens is 1. The predicted molar refractivity (Wildman–Crippen MR) is 80.7 cm³/mol. The van der Waals surface area contributed by atoms with E-state index in [0.717, 1.165) is 18.5 Å². The first-order valence-electron chi connectivity index (χ1n) is 6.69. The molecule has 2 rings (SSSR count). The quantitative estimate of drug-likeness (QED) is 0.762. The van der Waals surface area contributed by atoms with Crippen LogP contribution in [0.4, 0.5) is 0 Å². The third kappa shape index (κ3) is 3.84. The van der Waals surface area contributed by atoms with Crippen LogP contribution in [0.1, 0.15) is 22.5 Å². The largest absolute Gasteiger partial charge is 0.272 e. The molecule has 1 aromatic carbocycles. The third-order valence-electron chi connectivity index (χ3n) is 3.42. The van der Waals surface area contributed by atoms with Crippen LogP contribution in [0, 0.1) is 19.8 Å². The molecule has 3 heteroatoms. The summed E-state index contributed by atoms with van der Waals surface area (Å²) >= 11 is 6.14. The van der Waals surface area contributed by atoms with E-state index in [1.165, 1.54) is 16.8 Å². The normalized spacial score (nSPS) is 12.6. The molecule has 0 aliphatic heterocycles. The van der Waals surface area contributed by atoms with Gasteiger partial charge in [0.25, 0.3) is 0 Å². The first kappa shape index (κ1) is 14.1. The summed E-state index contributed by atoms with van der Waals surface area (Å²) in [6.07, 6.45) is 2.00. The fourth-order valence-corrected chi connectivity index (χ4v) is 2.72. The molecule has 0 saturated heterocycles. The van der Waals surface area contributed by atoms with Gasteiger partial charge in [-0.05, 0) is 44.2 Å². The summed E-state index contributed by atoms with van der Waals surface area (Å²) in [6, 6.07) is 10.8. The van der Waals surface area contributed by atoms with Crippen molar-refractivity contribution in [1.82, 2.24) is 9.78 Å². The molecule has 0 bridgehead atoms. The molecular weight excluding hydrogens is 256 g/mol. The van der Waals surface area contributed by atoms with Crippen LogP contribution < -0.4 is 0 Å². The van der Waals surface area contributed by atoms with Crippen LogP contribution in [-0.4, -0.2) is 15.7 Å². The van der Waals surface area contributed by atoms with Gasteiger partial charge >= 0.3 is 0 Å². The molecule has 0 saturated carbocycles. The lowest BCUT2D eigenvalue weighted by Gasteiger charge is -2.14. The van der Waals surface area contributed by atoms with Crippen LogP contribution >= 0.6 is 11.6 Å². The SMILES string of the molecule is Cc1cccc(CC(CCl)Cc2cc(C)nn2C)c1. The van der Waals surface area contributed by atoms with Gasteiger partial charge in [-0.15, -0.1) is 11.6 Å². The van der Waals surface area contributed by atoms with Gasteiger partial charge in [0.2, 0.25) is 0 Å². The number of hydrogen-bond donors (Lipinski definition) is 0. The Bertz CT molecular complexity index is 545. The molecule has 102 valence electrons. The van der Waals surface area contributed by atoms with Gasteiger partial charge in [0.15, 0.2) is 0 Å². The number of alkyl halides is 1. The van der Waals surface area contributed by atoms with Crippen molar-refractivity contribution in [2.75, 3.05) is 5.88 Å². The highest BCUT2D eigenvalue weighted by molar-refractivity contribution is 6.18. The lowest BCUT2D eigenvalue weighted by atomic mass is 9.95. The molecular formula is C16H21ClN2. The van der Waals surface area contributed by atoms with Crippen LogP contribution in [0.25, 0.3) is 0 Å². The lowest BCUT2D eigenvalue weighted by molar-refractivity contribution is 0.551. The Balaban J connectivity index is 2.06. The van der Waals surface area contributed by atoms with Gasteiger partial charge in [0.1, 0.15) is 0 Å². The monoisotopic (exact) mass is 276 g/mol. The van der Waals surface area contributed by atoms with E-state index in [-0.39, 0.29) is 0 Å². The van der Waals surface area contributed by atoms with E-state index in [1.54, 1.807) is 0 Å². The summed E-state index contributed by atoms with van der Waals surface area (Å²) in [5.41, 5.74) is 5.00. The van der Waals surface area contributed by atoms with E-state index < -0.39 is 0 Å². The topological polar surface area (TPSA) is 17.8 Å². The van der Waals surface area contributed by atoms with E-state index in [0.29, 0.717) is 11.8 Å². The van der Waals surface area contributed by atoms with Gasteiger partial charge in [0, 0.05) is 18.6 Å². The van der Waals surface area contributed by atoms with Crippen molar-refractivity contribution in [2.45, 2.75) is 26.7 Å². The van der Waals surface area contributed by atoms with Gasteiger partial charge < -0.3 is 0 Å². The molecule has 0 spiro atoms. The Morgan fingerprint density at radius 1 is 1.21 bits per heavy atom. The van der Waals surface area contributed by atoms with E-state index in [1.807, 2.05) is 18.7 Å². The van der Waals surface area contributed by atoms with Crippen molar-refractivity contribution in [3.05, 3.63) is 52.8 Å². The minimum absolute atomic E-state index is 0.457. The van der Waals surface area contributed by atoms with Crippen molar-refractivity contribution in [2.24, 2.45) is 13.0 Å². The second-order valence-corrected chi connectivity index (χ2v) is 5.63. The Kier molecular flexibility index (Phi) is 4.65. The Hall–Kier alpha value is -1.28. The number of benzene rings is 1. The first-order valence-corrected chi connectivity index (χ1v) is 7.23. The van der Waals surface area contributed by atoms with Gasteiger partial charge in [-0.2, -0.15) is 5.10 Å². The predicted octanol–water partition coefficient (Wildman–Crippen LogP) is 3.68. The molecule has 2 nitrogen and oxygen atoms in total. The minimum Gasteiger partial charge on any atom is -0.272 e. The molecule has 0 aliphatic rings. The molecule has 0 fully saturated rings. The molecule has 19 heavy (non-hydrogen) atoms. The minimum atomic E-state index is 0.457. The Morgan fingerprint density at radius 2 is 2.00 bits per heavy atom. The van der Waals surface area contributed by atoms with Crippen molar-refractivity contribution in [3.63, 3.8) is 0 Å². The van der Waals surface area contributed by atoms with Crippen LogP contribution in [0.3, 0.4) is 0 Å². The number of nitrogens with zero attached hydrogens (tertiary/aromatic N) is 2. The van der Waals surface area contributed by atoms with E-state index in [9.17, 15) is 0 Å². The Morgan fingerprint density at radius 3 is 2.58 bits per heavy atom. The summed E-state index contributed by atoms with van der Waals surface area (Å²) in [6.45, 7) is 4.16. The summed E-state index contributed by atoms with van der Waals surface area (Å²) in [4.78, 5) is 0. The number of rotatable bonds is 5. The highest BCUT2D eigenvalue weighted by Crippen LogP contribution is 2.17. The van der Waals surface area contributed by atoms with Crippen LogP contribution in [0.15, 0.2) is 30.3 Å². The molecule has 0 N–H and O–H groups in total. The maximum atomic E-state index is 6.14. The zero-order chi connectivity index (χ0) is 13.8. The average molecular weight is 277 g/mol. The molecule has 0 aliphatic carbocycles. The third-order valence-corrected chi connectivity index (χ3v) is 3.86. The van der Waals surface area contributed by atoms with Gasteiger partial charge in [0.05, 0.1) is 5.69 Å². The molecule has 1 heterocycles. The second-order valence-electron chi connectivity index (χ2n) is 5.32. The fraction of sp³-hybridized carbons (Fsp3) is 0.438. The number of hydrogen-bond acceptors (Lipinski definition) is 1. The molecule has 1 atom stereocenters. The van der Waals surface area contributed by atoms with Crippen molar-refractivity contribution in [1.29, 1.82) is 0 Å². The molecule has 0 amide bonds. The highest BCUT2D eigenvalue weighted by Gasteiger charge is 2.13. The Labute approximate surface area is 120 Å². The van der Waals surface area contributed by atoms with Gasteiger partial charge in [-0.1, -0.05) is 29.8 Å². The molecule has 1 aromatic heterocycles. The van der Waals surface area contributed by atoms with Crippen molar-refractivity contribution >= 4 is 11.6 Å². The van der Waals surface area contributed by atoms with Crippen molar-refractivity contribution < 1.29 is 0 Å². The second kappa shape index (κ2) is 6.25. The summed E-state index contributed by atoms with van der Waals surface area (Å²) in [5.74, 6) is 1.14. The summed E-state index contributed by atoms with van der Waals surface area (Å²) in [5, 5.41) is 4.39. The van der Waals surface area contributed by atoms with Crippen LogP contribution in [0.5, 0.6) is 0 Å².